The lowest BCUT2D eigenvalue weighted by Gasteiger charge is -2.46. The minimum atomic E-state index is 0.00751. The number of hydrogen-bond acceptors (Lipinski definition) is 4. The fourth-order valence-electron chi connectivity index (χ4n) is 2.85. The van der Waals surface area contributed by atoms with Gasteiger partial charge in [0.1, 0.15) is 0 Å². The number of hydrogen-bond donors (Lipinski definition) is 0. The molecule has 2 aliphatic heterocycles. The summed E-state index contributed by atoms with van der Waals surface area (Å²) in [6.45, 7) is 2.84. The first-order chi connectivity index (χ1) is 8.17. The van der Waals surface area contributed by atoms with Crippen molar-refractivity contribution in [1.82, 2.24) is 4.90 Å². The fourth-order valence-corrected chi connectivity index (χ4v) is 4.09. The van der Waals surface area contributed by atoms with Crippen LogP contribution >= 0.6 is 11.8 Å². The highest BCUT2D eigenvalue weighted by molar-refractivity contribution is 7.99. The van der Waals surface area contributed by atoms with E-state index in [0.29, 0.717) is 6.04 Å². The van der Waals surface area contributed by atoms with Crippen molar-refractivity contribution in [1.29, 1.82) is 5.26 Å². The average molecular weight is 254 g/mol. The van der Waals surface area contributed by atoms with Crippen molar-refractivity contribution in [2.45, 2.75) is 50.3 Å². The van der Waals surface area contributed by atoms with Crippen molar-refractivity contribution < 1.29 is 4.74 Å². The van der Waals surface area contributed by atoms with Crippen LogP contribution in [0.3, 0.4) is 0 Å². The number of ether oxygens (including phenoxy) is 1. The van der Waals surface area contributed by atoms with E-state index in [-0.39, 0.29) is 11.6 Å². The third-order valence-corrected chi connectivity index (χ3v) is 5.23. The van der Waals surface area contributed by atoms with Crippen LogP contribution in [0.1, 0.15) is 32.6 Å². The van der Waals surface area contributed by atoms with E-state index in [1.54, 1.807) is 0 Å². The molecular weight excluding hydrogens is 232 g/mol. The molecule has 2 heterocycles. The predicted molar refractivity (Wildman–Crippen MR) is 71.1 cm³/mol. The fraction of sp³-hybridized carbons (Fsp3) is 0.923. The maximum absolute atomic E-state index is 9.01. The van der Waals surface area contributed by atoms with Crippen molar-refractivity contribution in [3.05, 3.63) is 0 Å². The van der Waals surface area contributed by atoms with Crippen LogP contribution in [0.15, 0.2) is 0 Å². The predicted octanol–water partition coefficient (Wildman–Crippen LogP) is 2.28. The number of nitriles is 1. The Labute approximate surface area is 108 Å². The first kappa shape index (κ1) is 13.2. The SMILES string of the molecule is CC(C#N)N(C)C1CCOC2(CCSCC2)C1. The maximum atomic E-state index is 9.01. The second kappa shape index (κ2) is 5.60. The van der Waals surface area contributed by atoms with Gasteiger partial charge in [-0.3, -0.25) is 4.90 Å². The first-order valence-corrected chi connectivity index (χ1v) is 7.66. The molecule has 0 radical (unpaired) electrons. The lowest BCUT2D eigenvalue weighted by molar-refractivity contribution is -0.109. The molecule has 0 aromatic carbocycles. The molecule has 1 spiro atoms. The van der Waals surface area contributed by atoms with Gasteiger partial charge in [-0.25, -0.2) is 0 Å². The van der Waals surface area contributed by atoms with Crippen molar-refractivity contribution >= 4 is 11.8 Å². The molecule has 2 unspecified atom stereocenters. The molecule has 2 saturated heterocycles. The van der Waals surface area contributed by atoms with E-state index >= 15 is 0 Å². The van der Waals surface area contributed by atoms with Gasteiger partial charge >= 0.3 is 0 Å². The number of nitrogens with zero attached hydrogens (tertiary/aromatic N) is 2. The molecule has 96 valence electrons. The van der Waals surface area contributed by atoms with Crippen molar-refractivity contribution in [3.8, 4) is 6.07 Å². The summed E-state index contributed by atoms with van der Waals surface area (Å²) < 4.78 is 6.08. The summed E-state index contributed by atoms with van der Waals surface area (Å²) >= 11 is 2.04. The van der Waals surface area contributed by atoms with Gasteiger partial charge in [-0.15, -0.1) is 0 Å². The van der Waals surface area contributed by atoms with Crippen LogP contribution in [0.5, 0.6) is 0 Å². The summed E-state index contributed by atoms with van der Waals surface area (Å²) in [6, 6.07) is 2.86. The standard InChI is InChI=1S/C13H22N2OS/c1-11(10-14)15(2)12-3-6-16-13(9-12)4-7-17-8-5-13/h11-12H,3-9H2,1-2H3. The zero-order valence-corrected chi connectivity index (χ0v) is 11.6. The molecule has 0 bridgehead atoms. The molecule has 2 fully saturated rings. The van der Waals surface area contributed by atoms with Gasteiger partial charge in [-0.05, 0) is 51.2 Å². The molecule has 0 amide bonds. The molecule has 2 rings (SSSR count). The van der Waals surface area contributed by atoms with Crippen LogP contribution in [0.25, 0.3) is 0 Å². The van der Waals surface area contributed by atoms with Crippen LogP contribution in [0, 0.1) is 11.3 Å². The van der Waals surface area contributed by atoms with Gasteiger partial charge in [0.2, 0.25) is 0 Å². The summed E-state index contributed by atoms with van der Waals surface area (Å²) in [4.78, 5) is 2.23. The summed E-state index contributed by atoms with van der Waals surface area (Å²) in [6.07, 6.45) is 4.54. The Morgan fingerprint density at radius 3 is 2.82 bits per heavy atom. The monoisotopic (exact) mass is 254 g/mol. The summed E-state index contributed by atoms with van der Waals surface area (Å²) in [5, 5.41) is 9.01. The zero-order valence-electron chi connectivity index (χ0n) is 10.8. The Bertz CT molecular complexity index is 291. The highest BCUT2D eigenvalue weighted by Crippen LogP contribution is 2.38. The zero-order chi connectivity index (χ0) is 12.3. The van der Waals surface area contributed by atoms with E-state index in [1.807, 2.05) is 18.7 Å². The minimum absolute atomic E-state index is 0.00751. The molecule has 17 heavy (non-hydrogen) atoms. The molecule has 0 saturated carbocycles. The Hall–Kier alpha value is -0.240. The lowest BCUT2D eigenvalue weighted by atomic mass is 9.84. The number of thioether (sulfide) groups is 1. The van der Waals surface area contributed by atoms with Gasteiger partial charge in [0.15, 0.2) is 0 Å². The van der Waals surface area contributed by atoms with E-state index < -0.39 is 0 Å². The molecular formula is C13H22N2OS. The van der Waals surface area contributed by atoms with E-state index in [9.17, 15) is 0 Å². The highest BCUT2D eigenvalue weighted by atomic mass is 32.2. The van der Waals surface area contributed by atoms with Crippen LogP contribution in [0.2, 0.25) is 0 Å². The topological polar surface area (TPSA) is 36.3 Å². The molecule has 4 heteroatoms. The van der Waals surface area contributed by atoms with E-state index in [1.165, 1.54) is 24.3 Å². The van der Waals surface area contributed by atoms with Gasteiger partial charge in [-0.1, -0.05) is 0 Å². The Balaban J connectivity index is 1.99. The maximum Gasteiger partial charge on any atom is 0.0949 e. The van der Waals surface area contributed by atoms with Gasteiger partial charge in [0.25, 0.3) is 0 Å². The molecule has 0 aromatic rings. The van der Waals surface area contributed by atoms with Crippen LogP contribution < -0.4 is 0 Å². The van der Waals surface area contributed by atoms with E-state index in [0.717, 1.165) is 19.4 Å². The first-order valence-electron chi connectivity index (χ1n) is 6.50. The summed E-state index contributed by atoms with van der Waals surface area (Å²) in [5.41, 5.74) is 0.123. The Kier molecular flexibility index (Phi) is 4.35. The third-order valence-electron chi connectivity index (χ3n) is 4.24. The van der Waals surface area contributed by atoms with E-state index in [2.05, 4.69) is 18.0 Å². The largest absolute Gasteiger partial charge is 0.375 e. The summed E-state index contributed by atoms with van der Waals surface area (Å²) in [5.74, 6) is 2.45. The molecule has 3 nitrogen and oxygen atoms in total. The Morgan fingerprint density at radius 2 is 2.18 bits per heavy atom. The van der Waals surface area contributed by atoms with Crippen molar-refractivity contribution in [3.63, 3.8) is 0 Å². The molecule has 0 N–H and O–H groups in total. The van der Waals surface area contributed by atoms with Gasteiger partial charge in [-0.2, -0.15) is 17.0 Å². The average Bonchev–Trinajstić information content (AvgIpc) is 2.38. The lowest BCUT2D eigenvalue weighted by Crippen LogP contribution is -2.51. The van der Waals surface area contributed by atoms with Crippen molar-refractivity contribution in [2.75, 3.05) is 25.2 Å². The van der Waals surface area contributed by atoms with Gasteiger partial charge in [0.05, 0.1) is 17.7 Å². The summed E-state index contributed by atoms with van der Waals surface area (Å²) in [7, 11) is 2.08. The molecule has 2 atom stereocenters. The molecule has 0 aliphatic carbocycles. The number of rotatable bonds is 2. The van der Waals surface area contributed by atoms with Crippen molar-refractivity contribution in [2.24, 2.45) is 0 Å². The minimum Gasteiger partial charge on any atom is -0.375 e. The molecule has 0 aromatic heterocycles. The smallest absolute Gasteiger partial charge is 0.0949 e. The Morgan fingerprint density at radius 1 is 1.47 bits per heavy atom. The second-order valence-corrected chi connectivity index (χ2v) is 6.49. The second-order valence-electron chi connectivity index (χ2n) is 5.26. The van der Waals surface area contributed by atoms with Crippen LogP contribution in [-0.4, -0.2) is 47.7 Å². The normalized spacial score (nSPS) is 30.1. The quantitative estimate of drug-likeness (QED) is 0.757. The van der Waals surface area contributed by atoms with Gasteiger partial charge in [0, 0.05) is 12.6 Å². The molecule has 2 aliphatic rings. The third kappa shape index (κ3) is 2.96. The van der Waals surface area contributed by atoms with Gasteiger partial charge < -0.3 is 4.74 Å². The van der Waals surface area contributed by atoms with Crippen LogP contribution in [0.4, 0.5) is 0 Å². The van der Waals surface area contributed by atoms with Crippen LogP contribution in [-0.2, 0) is 4.74 Å². The van der Waals surface area contributed by atoms with E-state index in [4.69, 9.17) is 10.00 Å². The highest BCUT2D eigenvalue weighted by Gasteiger charge is 2.40.